The number of nitrogens with two attached hydrogens (primary N) is 2. The number of carboxylic acid groups (broad SMARTS) is 2. The largest absolute Gasteiger partial charge is 0.479 e. The molecule has 1 aliphatic rings. The number of aliphatic hydroxyl groups excluding tert-OH is 1. The van der Waals surface area contributed by atoms with Gasteiger partial charge in [-0.2, -0.15) is 0 Å². The predicted octanol–water partition coefficient (Wildman–Crippen LogP) is -2.95. The maximum atomic E-state index is 13.2. The van der Waals surface area contributed by atoms with E-state index in [-0.39, 0.29) is 23.4 Å². The Balaban J connectivity index is 2.12. The lowest BCUT2D eigenvalue weighted by atomic mass is 9.98. The third kappa shape index (κ3) is 9.32. The van der Waals surface area contributed by atoms with Crippen LogP contribution in [0.2, 0.25) is 0 Å². The number of nitrogens with one attached hydrogen (secondary N) is 6. The van der Waals surface area contributed by atoms with Crippen molar-refractivity contribution >= 4 is 41.4 Å². The normalized spacial score (nSPS) is 18.3. The molecule has 44 heavy (non-hydrogen) atoms. The number of amidine groups is 1. The van der Waals surface area contributed by atoms with Crippen molar-refractivity contribution in [3.63, 3.8) is 0 Å². The molecule has 4 amide bonds. The van der Waals surface area contributed by atoms with E-state index in [1.165, 1.54) is 45.0 Å². The van der Waals surface area contributed by atoms with E-state index in [4.69, 9.17) is 16.9 Å². The molecule has 0 fully saturated rings. The summed E-state index contributed by atoms with van der Waals surface area (Å²) in [6.45, 7) is 4.21. The lowest BCUT2D eigenvalue weighted by molar-refractivity contribution is -0.142. The first-order chi connectivity index (χ1) is 20.5. The molecule has 2 rings (SSSR count). The van der Waals surface area contributed by atoms with Crippen molar-refractivity contribution in [2.24, 2.45) is 11.5 Å². The van der Waals surface area contributed by atoms with Gasteiger partial charge in [-0.25, -0.2) is 9.59 Å². The molecule has 1 aromatic carbocycles. The number of carbonyl (C=O) groups is 6. The minimum atomic E-state index is -1.73. The van der Waals surface area contributed by atoms with Gasteiger partial charge in [-0.05, 0) is 38.8 Å². The highest BCUT2D eigenvalue weighted by atomic mass is 16.4. The van der Waals surface area contributed by atoms with Crippen LogP contribution in [0, 0.1) is 5.41 Å². The summed E-state index contributed by atoms with van der Waals surface area (Å²) in [5, 5.41) is 48.8. The van der Waals surface area contributed by atoms with Crippen LogP contribution in [0.25, 0.3) is 0 Å². The first-order valence-corrected chi connectivity index (χ1v) is 13.5. The van der Waals surface area contributed by atoms with Gasteiger partial charge in [-0.3, -0.25) is 24.6 Å². The zero-order valence-electron chi connectivity index (χ0n) is 24.3. The minimum Gasteiger partial charge on any atom is -0.479 e. The molecule has 0 radical (unpaired) electrons. The minimum absolute atomic E-state index is 0.108. The van der Waals surface area contributed by atoms with Gasteiger partial charge in [0.25, 0.3) is 0 Å². The van der Waals surface area contributed by atoms with E-state index in [0.29, 0.717) is 12.1 Å². The number of benzene rings is 1. The van der Waals surface area contributed by atoms with E-state index >= 15 is 0 Å². The smallest absolute Gasteiger partial charge is 0.336 e. The quantitative estimate of drug-likeness (QED) is 0.0534. The molecule has 0 aromatic heterocycles. The van der Waals surface area contributed by atoms with Gasteiger partial charge >= 0.3 is 11.9 Å². The van der Waals surface area contributed by atoms with E-state index in [9.17, 15) is 44.1 Å². The number of amides is 4. The number of aliphatic carboxylic acids is 1. The van der Waals surface area contributed by atoms with Crippen molar-refractivity contribution in [1.29, 1.82) is 5.41 Å². The number of hydrogen-bond acceptors (Lipinski definition) is 10. The van der Waals surface area contributed by atoms with Crippen LogP contribution < -0.4 is 38.1 Å². The first kappa shape index (κ1) is 35.3. The van der Waals surface area contributed by atoms with E-state index in [1.807, 2.05) is 0 Å². The second kappa shape index (κ2) is 15.6. The summed E-state index contributed by atoms with van der Waals surface area (Å²) in [7, 11) is 0. The van der Waals surface area contributed by atoms with Crippen LogP contribution in [0.3, 0.4) is 0 Å². The molecule has 7 unspecified atom stereocenters. The van der Waals surface area contributed by atoms with Gasteiger partial charge in [0.15, 0.2) is 6.04 Å². The van der Waals surface area contributed by atoms with Crippen molar-refractivity contribution in [2.75, 3.05) is 6.54 Å². The third-order valence-corrected chi connectivity index (χ3v) is 6.80. The van der Waals surface area contributed by atoms with Crippen molar-refractivity contribution < 1.29 is 44.1 Å². The fourth-order valence-corrected chi connectivity index (χ4v) is 4.27. The molecular weight excluding hydrogens is 580 g/mol. The van der Waals surface area contributed by atoms with E-state index in [2.05, 4.69) is 26.6 Å². The molecule has 7 atom stereocenters. The molecular formula is C27H38N8O9. The second-order valence-corrected chi connectivity index (χ2v) is 10.2. The average molecular weight is 619 g/mol. The highest BCUT2D eigenvalue weighted by molar-refractivity contribution is 5.97. The Kier molecular flexibility index (Phi) is 12.5. The molecule has 17 heteroatoms. The summed E-state index contributed by atoms with van der Waals surface area (Å²) >= 11 is 0. The highest BCUT2D eigenvalue weighted by Crippen LogP contribution is 2.19. The molecule has 1 aliphatic heterocycles. The lowest BCUT2D eigenvalue weighted by Gasteiger charge is -2.26. The zero-order valence-corrected chi connectivity index (χ0v) is 24.3. The summed E-state index contributed by atoms with van der Waals surface area (Å²) in [4.78, 5) is 74.8. The van der Waals surface area contributed by atoms with Crippen LogP contribution >= 0.6 is 0 Å². The predicted molar refractivity (Wildman–Crippen MR) is 155 cm³/mol. The fourth-order valence-electron chi connectivity index (χ4n) is 4.27. The van der Waals surface area contributed by atoms with Crippen LogP contribution in [0.15, 0.2) is 35.9 Å². The van der Waals surface area contributed by atoms with Crippen molar-refractivity contribution in [3.05, 3.63) is 47.0 Å². The van der Waals surface area contributed by atoms with Crippen LogP contribution in [-0.4, -0.2) is 99.6 Å². The summed E-state index contributed by atoms with van der Waals surface area (Å²) < 4.78 is 0. The van der Waals surface area contributed by atoms with Crippen LogP contribution in [0.4, 0.5) is 0 Å². The molecule has 13 N–H and O–H groups in total. The Morgan fingerprint density at radius 1 is 0.932 bits per heavy atom. The summed E-state index contributed by atoms with van der Waals surface area (Å²) in [5.74, 6) is -6.59. The standard InChI is InChI=1S/C27H38N8O9/c1-11(22(37)32-12(2)23(38)35-20(27(43)44)15-6-4-5-7-16(15)26(41)42)33-24(39)17(34-25(40)18(28)13(3)36)10-14-8-9-31-19(14)21(29)30/h4-8,11-13,17-20,31,36H,9-10,28H2,1-3H3,(H3,29,30)(H,32,37)(H,33,39)(H,34,40)(H,35,38)(H,41,42)(H,43,44). The maximum Gasteiger partial charge on any atom is 0.336 e. The summed E-state index contributed by atoms with van der Waals surface area (Å²) in [5.41, 5.74) is 11.3. The first-order valence-electron chi connectivity index (χ1n) is 13.5. The molecule has 0 aliphatic carbocycles. The summed E-state index contributed by atoms with van der Waals surface area (Å²) in [6.07, 6.45) is 0.359. The molecule has 240 valence electrons. The van der Waals surface area contributed by atoms with Gasteiger partial charge in [-0.1, -0.05) is 24.3 Å². The van der Waals surface area contributed by atoms with Gasteiger partial charge < -0.3 is 53.4 Å². The topological polar surface area (TPSA) is 299 Å². The molecule has 1 aromatic rings. The zero-order chi connectivity index (χ0) is 33.3. The fraction of sp³-hybridized carbons (Fsp3) is 0.444. The van der Waals surface area contributed by atoms with Gasteiger partial charge in [-0.15, -0.1) is 0 Å². The van der Waals surface area contributed by atoms with Crippen molar-refractivity contribution in [1.82, 2.24) is 26.6 Å². The number of aliphatic hydroxyl groups is 1. The number of rotatable bonds is 15. The van der Waals surface area contributed by atoms with E-state index < -0.39 is 77.9 Å². The SMILES string of the molecule is CC(NC(=O)C(C)NC(=O)C(CC1=CCNC1C(=N)N)NC(=O)C(N)C(C)O)C(=O)NC(C(=O)O)c1ccccc1C(=O)O. The van der Waals surface area contributed by atoms with Crippen LogP contribution in [0.5, 0.6) is 0 Å². The second-order valence-electron chi connectivity index (χ2n) is 10.2. The molecule has 0 saturated carbocycles. The Morgan fingerprint density at radius 3 is 2.05 bits per heavy atom. The Bertz CT molecular complexity index is 1330. The van der Waals surface area contributed by atoms with Crippen LogP contribution in [-0.2, 0) is 24.0 Å². The number of carbonyl (C=O) groups excluding carboxylic acids is 4. The van der Waals surface area contributed by atoms with E-state index in [0.717, 1.165) is 0 Å². The van der Waals surface area contributed by atoms with E-state index in [1.54, 1.807) is 6.08 Å². The number of aromatic carboxylic acids is 1. The van der Waals surface area contributed by atoms with Gasteiger partial charge in [0.05, 0.1) is 17.7 Å². The molecule has 0 bridgehead atoms. The third-order valence-electron chi connectivity index (χ3n) is 6.80. The van der Waals surface area contributed by atoms with Crippen molar-refractivity contribution in [3.8, 4) is 0 Å². The molecule has 17 nitrogen and oxygen atoms in total. The number of carboxylic acids is 2. The Labute approximate surface area is 252 Å². The van der Waals surface area contributed by atoms with Gasteiger partial charge in [0, 0.05) is 12.1 Å². The van der Waals surface area contributed by atoms with Gasteiger partial charge in [0.1, 0.15) is 30.0 Å². The van der Waals surface area contributed by atoms with Crippen molar-refractivity contribution in [2.45, 2.75) is 69.5 Å². The molecule has 0 saturated heterocycles. The highest BCUT2D eigenvalue weighted by Gasteiger charge is 2.33. The Hall–Kier alpha value is -4.87. The van der Waals surface area contributed by atoms with Gasteiger partial charge in [0.2, 0.25) is 23.6 Å². The molecule has 1 heterocycles. The lowest BCUT2D eigenvalue weighted by Crippen LogP contribution is -2.58. The monoisotopic (exact) mass is 618 g/mol. The summed E-state index contributed by atoms with van der Waals surface area (Å²) in [6, 6.07) is -2.40. The maximum absolute atomic E-state index is 13.2. The van der Waals surface area contributed by atoms with Crippen LogP contribution in [0.1, 0.15) is 49.2 Å². The average Bonchev–Trinajstić information content (AvgIpc) is 3.43. The number of hydrogen-bond donors (Lipinski definition) is 11. The Morgan fingerprint density at radius 2 is 1.50 bits per heavy atom. The molecule has 0 spiro atoms.